The zero-order chi connectivity index (χ0) is 13.6. The van der Waals surface area contributed by atoms with Gasteiger partial charge in [-0.2, -0.15) is 5.10 Å². The Morgan fingerprint density at radius 3 is 2.74 bits per heavy atom. The molecule has 0 N–H and O–H groups in total. The fourth-order valence-electron chi connectivity index (χ4n) is 2.13. The first-order valence-corrected chi connectivity index (χ1v) is 6.68. The van der Waals surface area contributed by atoms with Crippen LogP contribution in [0.5, 0.6) is 0 Å². The van der Waals surface area contributed by atoms with Gasteiger partial charge in [-0.3, -0.25) is 9.25 Å². The molecule has 0 spiro atoms. The van der Waals surface area contributed by atoms with Gasteiger partial charge in [-0.15, -0.1) is 11.6 Å². The second-order valence-electron chi connectivity index (χ2n) is 4.43. The van der Waals surface area contributed by atoms with Gasteiger partial charge in [0.25, 0.3) is 0 Å². The molecule has 98 valence electrons. The Kier molecular flexibility index (Phi) is 2.99. The molecule has 0 radical (unpaired) electrons. The molecule has 6 heteroatoms. The van der Waals surface area contributed by atoms with Crippen LogP contribution in [-0.2, 0) is 7.05 Å². The van der Waals surface area contributed by atoms with Gasteiger partial charge in [-0.1, -0.05) is 11.6 Å². The average Bonchev–Trinajstić information content (AvgIpc) is 2.92. The van der Waals surface area contributed by atoms with E-state index >= 15 is 0 Å². The third kappa shape index (κ3) is 2.11. The molecular weight excluding hydrogens is 283 g/mol. The van der Waals surface area contributed by atoms with Crippen LogP contribution in [0.25, 0.3) is 16.7 Å². The van der Waals surface area contributed by atoms with Crippen LogP contribution in [0.2, 0.25) is 5.02 Å². The lowest BCUT2D eigenvalue weighted by atomic mass is 10.3. The van der Waals surface area contributed by atoms with E-state index in [9.17, 15) is 0 Å². The van der Waals surface area contributed by atoms with E-state index in [-0.39, 0.29) is 5.38 Å². The van der Waals surface area contributed by atoms with E-state index in [1.165, 1.54) is 0 Å². The van der Waals surface area contributed by atoms with Crippen LogP contribution in [-0.4, -0.2) is 19.3 Å². The predicted octanol–water partition coefficient (Wildman–Crippen LogP) is 3.71. The first kappa shape index (κ1) is 12.5. The molecule has 1 atom stereocenters. The van der Waals surface area contributed by atoms with Crippen molar-refractivity contribution in [3.05, 3.63) is 41.4 Å². The largest absolute Gasteiger partial charge is 0.292 e. The molecule has 0 saturated carbocycles. The normalized spacial score (nSPS) is 13.1. The number of rotatable bonds is 2. The maximum atomic E-state index is 6.23. The SMILES string of the molecule is CC(Cl)c1nc2ccc(Cl)cc2n1-c1cnn(C)c1. The number of aryl methyl sites for hydroxylation is 1. The number of halogens is 2. The Morgan fingerprint density at radius 1 is 1.32 bits per heavy atom. The Balaban J connectivity index is 2.35. The standard InChI is InChI=1S/C13H12Cl2N4/c1-8(14)13-17-11-4-3-9(15)5-12(11)19(13)10-6-16-18(2)7-10/h3-8H,1-2H3. The summed E-state index contributed by atoms with van der Waals surface area (Å²) in [5.74, 6) is 0.784. The quantitative estimate of drug-likeness (QED) is 0.676. The third-order valence-corrected chi connectivity index (χ3v) is 3.38. The van der Waals surface area contributed by atoms with Gasteiger partial charge in [0.05, 0.1) is 28.3 Å². The molecule has 0 saturated heterocycles. The van der Waals surface area contributed by atoms with Crippen LogP contribution in [0.1, 0.15) is 18.1 Å². The maximum Gasteiger partial charge on any atom is 0.132 e. The molecule has 0 bridgehead atoms. The zero-order valence-corrected chi connectivity index (χ0v) is 12.0. The molecule has 19 heavy (non-hydrogen) atoms. The van der Waals surface area contributed by atoms with Gasteiger partial charge in [0, 0.05) is 18.3 Å². The van der Waals surface area contributed by atoms with Crippen LogP contribution >= 0.6 is 23.2 Å². The highest BCUT2D eigenvalue weighted by molar-refractivity contribution is 6.31. The highest BCUT2D eigenvalue weighted by Gasteiger charge is 2.17. The molecular formula is C13H12Cl2N4. The number of imidazole rings is 1. The summed E-state index contributed by atoms with van der Waals surface area (Å²) in [5, 5.41) is 4.66. The number of aromatic nitrogens is 4. The summed E-state index contributed by atoms with van der Waals surface area (Å²) < 4.78 is 3.74. The van der Waals surface area contributed by atoms with Crippen molar-refractivity contribution in [1.82, 2.24) is 19.3 Å². The number of hydrogen-bond donors (Lipinski definition) is 0. The maximum absolute atomic E-state index is 6.23. The summed E-state index contributed by atoms with van der Waals surface area (Å²) in [6, 6.07) is 5.61. The first-order valence-electron chi connectivity index (χ1n) is 5.87. The van der Waals surface area contributed by atoms with Crippen molar-refractivity contribution in [2.75, 3.05) is 0 Å². The fourth-order valence-corrected chi connectivity index (χ4v) is 2.44. The van der Waals surface area contributed by atoms with E-state index < -0.39 is 0 Å². The smallest absolute Gasteiger partial charge is 0.132 e. The Labute approximate surface area is 120 Å². The van der Waals surface area contributed by atoms with Gasteiger partial charge >= 0.3 is 0 Å². The van der Waals surface area contributed by atoms with Gasteiger partial charge in [0.15, 0.2) is 0 Å². The van der Waals surface area contributed by atoms with E-state index in [1.807, 2.05) is 42.9 Å². The molecule has 3 aromatic rings. The van der Waals surface area contributed by atoms with Crippen LogP contribution < -0.4 is 0 Å². The van der Waals surface area contributed by atoms with Crippen molar-refractivity contribution < 1.29 is 0 Å². The van der Waals surface area contributed by atoms with E-state index in [1.54, 1.807) is 10.9 Å². The summed E-state index contributed by atoms with van der Waals surface area (Å²) in [7, 11) is 1.87. The summed E-state index contributed by atoms with van der Waals surface area (Å²) in [6.07, 6.45) is 3.70. The van der Waals surface area contributed by atoms with E-state index in [2.05, 4.69) is 10.1 Å². The predicted molar refractivity (Wildman–Crippen MR) is 77.1 cm³/mol. The van der Waals surface area contributed by atoms with E-state index in [4.69, 9.17) is 23.2 Å². The first-order chi connectivity index (χ1) is 9.06. The van der Waals surface area contributed by atoms with Crippen molar-refractivity contribution in [2.45, 2.75) is 12.3 Å². The van der Waals surface area contributed by atoms with Crippen molar-refractivity contribution in [2.24, 2.45) is 7.05 Å². The van der Waals surface area contributed by atoms with Crippen molar-refractivity contribution in [3.63, 3.8) is 0 Å². The number of benzene rings is 1. The highest BCUT2D eigenvalue weighted by atomic mass is 35.5. The molecule has 1 aromatic carbocycles. The average molecular weight is 295 g/mol. The molecule has 2 heterocycles. The molecule has 3 rings (SSSR count). The van der Waals surface area contributed by atoms with Crippen LogP contribution in [0.15, 0.2) is 30.6 Å². The van der Waals surface area contributed by atoms with Gasteiger partial charge in [0.1, 0.15) is 5.82 Å². The van der Waals surface area contributed by atoms with Crippen LogP contribution in [0.4, 0.5) is 0 Å². The zero-order valence-electron chi connectivity index (χ0n) is 10.5. The van der Waals surface area contributed by atoms with Crippen molar-refractivity contribution >= 4 is 34.2 Å². The van der Waals surface area contributed by atoms with Gasteiger partial charge in [0.2, 0.25) is 0 Å². The molecule has 0 fully saturated rings. The minimum Gasteiger partial charge on any atom is -0.292 e. The molecule has 0 aliphatic carbocycles. The van der Waals surface area contributed by atoms with E-state index in [0.29, 0.717) is 5.02 Å². The third-order valence-electron chi connectivity index (χ3n) is 2.95. The van der Waals surface area contributed by atoms with Gasteiger partial charge in [-0.05, 0) is 25.1 Å². The minimum atomic E-state index is -0.202. The molecule has 0 aliphatic heterocycles. The molecule has 0 aliphatic rings. The number of fused-ring (bicyclic) bond motifs is 1. The monoisotopic (exact) mass is 294 g/mol. The number of hydrogen-bond acceptors (Lipinski definition) is 2. The number of nitrogens with zero attached hydrogens (tertiary/aromatic N) is 4. The topological polar surface area (TPSA) is 35.6 Å². The van der Waals surface area contributed by atoms with Gasteiger partial charge < -0.3 is 0 Å². The Hall–Kier alpha value is -1.52. The van der Waals surface area contributed by atoms with Crippen molar-refractivity contribution in [3.8, 4) is 5.69 Å². The lowest BCUT2D eigenvalue weighted by Crippen LogP contribution is -2.00. The summed E-state index contributed by atoms with van der Waals surface area (Å²) in [6.45, 7) is 1.90. The second kappa shape index (κ2) is 4.54. The lowest BCUT2D eigenvalue weighted by Gasteiger charge is -2.07. The molecule has 4 nitrogen and oxygen atoms in total. The van der Waals surface area contributed by atoms with Crippen LogP contribution in [0, 0.1) is 0 Å². The summed E-state index contributed by atoms with van der Waals surface area (Å²) in [4.78, 5) is 4.57. The minimum absolute atomic E-state index is 0.202. The molecule has 1 unspecified atom stereocenters. The Morgan fingerprint density at radius 2 is 2.11 bits per heavy atom. The van der Waals surface area contributed by atoms with Crippen molar-refractivity contribution in [1.29, 1.82) is 0 Å². The summed E-state index contributed by atoms with van der Waals surface area (Å²) in [5.41, 5.74) is 2.73. The molecule has 0 amide bonds. The number of alkyl halides is 1. The summed E-state index contributed by atoms with van der Waals surface area (Å²) >= 11 is 12.3. The highest BCUT2D eigenvalue weighted by Crippen LogP contribution is 2.29. The Bertz CT molecular complexity index is 742. The fraction of sp³-hybridized carbons (Fsp3) is 0.231. The second-order valence-corrected chi connectivity index (χ2v) is 5.52. The lowest BCUT2D eigenvalue weighted by molar-refractivity contribution is 0.767. The van der Waals surface area contributed by atoms with Crippen LogP contribution in [0.3, 0.4) is 0 Å². The molecule has 2 aromatic heterocycles. The van der Waals surface area contributed by atoms with Gasteiger partial charge in [-0.25, -0.2) is 4.98 Å². The van der Waals surface area contributed by atoms with E-state index in [0.717, 1.165) is 22.5 Å².